The molecule has 2 aromatic heterocycles. The molecule has 25 heavy (non-hydrogen) atoms. The molecule has 0 bridgehead atoms. The molecule has 0 spiro atoms. The minimum Gasteiger partial charge on any atom is -0.494 e. The average Bonchev–Trinajstić information content (AvgIpc) is 3.15. The molecule has 0 saturated heterocycles. The van der Waals surface area contributed by atoms with Crippen LogP contribution in [-0.2, 0) is 6.42 Å². The van der Waals surface area contributed by atoms with Crippen LogP contribution in [0.1, 0.15) is 37.7 Å². The van der Waals surface area contributed by atoms with Crippen molar-refractivity contribution in [3.8, 4) is 5.75 Å². The van der Waals surface area contributed by atoms with Crippen LogP contribution in [0.2, 0.25) is 0 Å². The Morgan fingerprint density at radius 1 is 1.36 bits per heavy atom. The number of nitrogens with two attached hydrogens (primary N) is 1. The van der Waals surface area contributed by atoms with Crippen molar-refractivity contribution in [1.29, 1.82) is 0 Å². The number of aromatic amines is 1. The number of anilines is 1. The lowest BCUT2D eigenvalue weighted by Crippen LogP contribution is -2.13. The standard InChI is InChI=1S/C16H17N5O3S/c1-4-9-13(25-7(2)18-9)15(23)21-16-19-10-5-8(14(17)22)6-11(24-3)12(10)20-16/h5-6H,4H2,1-3H3,(H2,17,22)(H2,19,20,21,23). The van der Waals surface area contributed by atoms with Crippen LogP contribution in [0.3, 0.4) is 0 Å². The Bertz CT molecular complexity index is 976. The van der Waals surface area contributed by atoms with Gasteiger partial charge in [0.25, 0.3) is 5.91 Å². The molecule has 0 saturated carbocycles. The Morgan fingerprint density at radius 2 is 2.12 bits per heavy atom. The van der Waals surface area contributed by atoms with E-state index in [0.717, 1.165) is 10.7 Å². The Kier molecular flexibility index (Phi) is 4.41. The average molecular weight is 359 g/mol. The van der Waals surface area contributed by atoms with Crippen LogP contribution >= 0.6 is 11.3 Å². The minimum atomic E-state index is -0.576. The second kappa shape index (κ2) is 6.52. The zero-order valence-electron chi connectivity index (χ0n) is 14.0. The molecule has 0 aliphatic carbocycles. The van der Waals surface area contributed by atoms with E-state index in [-0.39, 0.29) is 17.4 Å². The topological polar surface area (TPSA) is 123 Å². The van der Waals surface area contributed by atoms with Crippen molar-refractivity contribution in [3.05, 3.63) is 33.3 Å². The van der Waals surface area contributed by atoms with Gasteiger partial charge in [0.15, 0.2) is 0 Å². The van der Waals surface area contributed by atoms with Crippen molar-refractivity contribution in [1.82, 2.24) is 15.0 Å². The van der Waals surface area contributed by atoms with Crippen LogP contribution in [0.15, 0.2) is 12.1 Å². The number of ether oxygens (including phenoxy) is 1. The van der Waals surface area contributed by atoms with Gasteiger partial charge in [0.05, 0.1) is 23.3 Å². The van der Waals surface area contributed by atoms with Gasteiger partial charge in [-0.05, 0) is 25.5 Å². The van der Waals surface area contributed by atoms with Crippen molar-refractivity contribution in [2.45, 2.75) is 20.3 Å². The number of aryl methyl sites for hydroxylation is 2. The molecule has 9 heteroatoms. The molecule has 4 N–H and O–H groups in total. The number of fused-ring (bicyclic) bond motifs is 1. The second-order valence-corrected chi connectivity index (χ2v) is 6.54. The summed E-state index contributed by atoms with van der Waals surface area (Å²) < 4.78 is 5.25. The number of carbonyl (C=O) groups excluding carboxylic acids is 2. The number of hydrogen-bond acceptors (Lipinski definition) is 6. The van der Waals surface area contributed by atoms with E-state index in [0.29, 0.717) is 28.1 Å². The number of aromatic nitrogens is 3. The van der Waals surface area contributed by atoms with Crippen LogP contribution in [-0.4, -0.2) is 33.9 Å². The fourth-order valence-corrected chi connectivity index (χ4v) is 3.40. The first-order chi connectivity index (χ1) is 11.9. The third kappa shape index (κ3) is 3.18. The van der Waals surface area contributed by atoms with Gasteiger partial charge >= 0.3 is 0 Å². The van der Waals surface area contributed by atoms with E-state index < -0.39 is 5.91 Å². The van der Waals surface area contributed by atoms with Crippen molar-refractivity contribution in [2.24, 2.45) is 5.73 Å². The second-order valence-electron chi connectivity index (χ2n) is 5.34. The molecular weight excluding hydrogens is 342 g/mol. The van der Waals surface area contributed by atoms with Crippen molar-refractivity contribution >= 4 is 40.1 Å². The number of thiazole rings is 1. The lowest BCUT2D eigenvalue weighted by molar-refractivity contribution is 0.0997. The van der Waals surface area contributed by atoms with E-state index in [1.54, 1.807) is 6.07 Å². The molecule has 0 atom stereocenters. The zero-order valence-corrected chi connectivity index (χ0v) is 14.8. The van der Waals surface area contributed by atoms with Crippen molar-refractivity contribution < 1.29 is 14.3 Å². The van der Waals surface area contributed by atoms with Crippen LogP contribution in [0.5, 0.6) is 5.75 Å². The number of carbonyl (C=O) groups is 2. The van der Waals surface area contributed by atoms with Gasteiger partial charge in [0.1, 0.15) is 16.1 Å². The van der Waals surface area contributed by atoms with E-state index >= 15 is 0 Å². The zero-order chi connectivity index (χ0) is 18.1. The normalized spacial score (nSPS) is 10.8. The quantitative estimate of drug-likeness (QED) is 0.645. The number of amides is 2. The van der Waals surface area contributed by atoms with Gasteiger partial charge in [-0.2, -0.15) is 0 Å². The number of nitrogens with zero attached hydrogens (tertiary/aromatic N) is 2. The predicted octanol–water partition coefficient (Wildman–Crippen LogP) is 2.25. The Labute approximate surface area is 147 Å². The van der Waals surface area contributed by atoms with Gasteiger partial charge in [-0.25, -0.2) is 9.97 Å². The maximum atomic E-state index is 12.5. The molecule has 0 unspecified atom stereocenters. The minimum absolute atomic E-state index is 0.257. The number of imidazole rings is 1. The monoisotopic (exact) mass is 359 g/mol. The lowest BCUT2D eigenvalue weighted by atomic mass is 10.2. The van der Waals surface area contributed by atoms with Gasteiger partial charge in [0.2, 0.25) is 11.9 Å². The van der Waals surface area contributed by atoms with Gasteiger partial charge in [0, 0.05) is 5.56 Å². The maximum Gasteiger partial charge on any atom is 0.269 e. The first kappa shape index (κ1) is 16.9. The molecule has 0 aliphatic rings. The molecule has 2 amide bonds. The molecule has 0 fully saturated rings. The number of nitrogens with one attached hydrogen (secondary N) is 2. The molecular formula is C16H17N5O3S. The Morgan fingerprint density at radius 3 is 2.76 bits per heavy atom. The molecule has 0 aliphatic heterocycles. The fraction of sp³-hybridized carbons (Fsp3) is 0.250. The summed E-state index contributed by atoms with van der Waals surface area (Å²) in [7, 11) is 1.47. The smallest absolute Gasteiger partial charge is 0.269 e. The SMILES string of the molecule is CCc1nc(C)sc1C(=O)Nc1nc2c(OC)cc(C(N)=O)cc2[nH]1. The number of hydrogen-bond donors (Lipinski definition) is 3. The summed E-state index contributed by atoms with van der Waals surface area (Å²) in [5.74, 6) is -0.206. The molecule has 1 aromatic carbocycles. The highest BCUT2D eigenvalue weighted by molar-refractivity contribution is 7.13. The highest BCUT2D eigenvalue weighted by Gasteiger charge is 2.18. The van der Waals surface area contributed by atoms with E-state index in [4.69, 9.17) is 10.5 Å². The number of methoxy groups -OCH3 is 1. The Balaban J connectivity index is 1.96. The molecule has 3 aromatic rings. The van der Waals surface area contributed by atoms with E-state index in [1.165, 1.54) is 24.5 Å². The summed E-state index contributed by atoms with van der Waals surface area (Å²) in [4.78, 5) is 36.1. The summed E-state index contributed by atoms with van der Waals surface area (Å²) in [6, 6.07) is 3.08. The van der Waals surface area contributed by atoms with Gasteiger partial charge < -0.3 is 15.5 Å². The predicted molar refractivity (Wildman–Crippen MR) is 95.3 cm³/mol. The highest BCUT2D eigenvalue weighted by Crippen LogP contribution is 2.27. The van der Waals surface area contributed by atoms with Crippen LogP contribution in [0.4, 0.5) is 5.95 Å². The third-order valence-electron chi connectivity index (χ3n) is 3.63. The highest BCUT2D eigenvalue weighted by atomic mass is 32.1. The number of primary amides is 1. The first-order valence-corrected chi connectivity index (χ1v) is 8.39. The van der Waals surface area contributed by atoms with Gasteiger partial charge in [-0.15, -0.1) is 11.3 Å². The summed E-state index contributed by atoms with van der Waals surface area (Å²) in [6.07, 6.45) is 0.670. The van der Waals surface area contributed by atoms with Gasteiger partial charge in [-0.1, -0.05) is 6.92 Å². The maximum absolute atomic E-state index is 12.5. The van der Waals surface area contributed by atoms with E-state index in [9.17, 15) is 9.59 Å². The summed E-state index contributed by atoms with van der Waals surface area (Å²) in [5.41, 5.74) is 7.41. The van der Waals surface area contributed by atoms with Crippen molar-refractivity contribution in [2.75, 3.05) is 12.4 Å². The Hall–Kier alpha value is -2.94. The molecule has 0 radical (unpaired) electrons. The number of H-pyrrole nitrogens is 1. The lowest BCUT2D eigenvalue weighted by Gasteiger charge is -2.02. The third-order valence-corrected chi connectivity index (χ3v) is 4.65. The molecule has 8 nitrogen and oxygen atoms in total. The number of rotatable bonds is 5. The van der Waals surface area contributed by atoms with Crippen molar-refractivity contribution in [3.63, 3.8) is 0 Å². The van der Waals surface area contributed by atoms with Crippen LogP contribution < -0.4 is 15.8 Å². The van der Waals surface area contributed by atoms with Gasteiger partial charge in [-0.3, -0.25) is 14.9 Å². The van der Waals surface area contributed by atoms with Crippen LogP contribution in [0, 0.1) is 6.92 Å². The summed E-state index contributed by atoms with van der Waals surface area (Å²) >= 11 is 1.34. The fourth-order valence-electron chi connectivity index (χ4n) is 2.49. The van der Waals surface area contributed by atoms with Crippen LogP contribution in [0.25, 0.3) is 11.0 Å². The molecule has 3 rings (SSSR count). The summed E-state index contributed by atoms with van der Waals surface area (Å²) in [6.45, 7) is 3.81. The largest absolute Gasteiger partial charge is 0.494 e. The molecule has 2 heterocycles. The number of benzene rings is 1. The van der Waals surface area contributed by atoms with E-state index in [2.05, 4.69) is 20.3 Å². The first-order valence-electron chi connectivity index (χ1n) is 7.58. The molecule has 130 valence electrons. The summed E-state index contributed by atoms with van der Waals surface area (Å²) in [5, 5.41) is 3.56. The van der Waals surface area contributed by atoms with E-state index in [1.807, 2.05) is 13.8 Å².